The Morgan fingerprint density at radius 2 is 1.93 bits per heavy atom. The third kappa shape index (κ3) is 3.62. The molecule has 28 heavy (non-hydrogen) atoms. The van der Waals surface area contributed by atoms with Gasteiger partial charge in [0.1, 0.15) is 5.44 Å². The van der Waals surface area contributed by atoms with Gasteiger partial charge in [-0.2, -0.15) is 0 Å². The van der Waals surface area contributed by atoms with Crippen molar-refractivity contribution in [3.05, 3.63) is 0 Å². The van der Waals surface area contributed by atoms with Crippen molar-refractivity contribution in [1.82, 2.24) is 0 Å². The van der Waals surface area contributed by atoms with E-state index in [9.17, 15) is 4.79 Å². The van der Waals surface area contributed by atoms with Crippen molar-refractivity contribution in [2.24, 2.45) is 23.7 Å². The van der Waals surface area contributed by atoms with Gasteiger partial charge in [-0.05, 0) is 62.5 Å². The van der Waals surface area contributed by atoms with Crippen molar-refractivity contribution in [2.75, 3.05) is 5.75 Å². The molecule has 0 aromatic rings. The summed E-state index contributed by atoms with van der Waals surface area (Å²) in [5.74, 6) is 1.29. The molecule has 1 aliphatic carbocycles. The summed E-state index contributed by atoms with van der Waals surface area (Å²) in [7, 11) is 0. The highest BCUT2D eigenvalue weighted by atomic mass is 32.2. The highest BCUT2D eigenvalue weighted by Crippen LogP contribution is 2.61. The molecule has 7 heteroatoms. The molecule has 0 aromatic carbocycles. The molecule has 160 valence electrons. The SMILES string of the molecule is C[C@H]1[C@H](SCCCCCC(=O)O)O[C@@H]2OC3(C)CC[C@H]4[C@H](C)CC[C@@H]1[C@@]24OO3. The van der Waals surface area contributed by atoms with Gasteiger partial charge in [0, 0.05) is 18.8 Å². The first-order chi connectivity index (χ1) is 13.4. The number of carboxylic acids is 1. The number of carbonyl (C=O) groups is 1. The van der Waals surface area contributed by atoms with Crippen LogP contribution in [0.15, 0.2) is 0 Å². The van der Waals surface area contributed by atoms with E-state index < -0.39 is 17.4 Å². The van der Waals surface area contributed by atoms with Crippen molar-refractivity contribution in [1.29, 1.82) is 0 Å². The molecule has 0 amide bonds. The summed E-state index contributed by atoms with van der Waals surface area (Å²) >= 11 is 1.85. The van der Waals surface area contributed by atoms with Crippen molar-refractivity contribution in [2.45, 2.75) is 95.3 Å². The summed E-state index contributed by atoms with van der Waals surface area (Å²) in [6.07, 6.45) is 6.85. The van der Waals surface area contributed by atoms with Gasteiger partial charge in [-0.15, -0.1) is 11.8 Å². The highest BCUT2D eigenvalue weighted by Gasteiger charge is 2.69. The van der Waals surface area contributed by atoms with Gasteiger partial charge in [0.2, 0.25) is 5.79 Å². The van der Waals surface area contributed by atoms with E-state index >= 15 is 0 Å². The van der Waals surface area contributed by atoms with Gasteiger partial charge in [0.25, 0.3) is 0 Å². The van der Waals surface area contributed by atoms with E-state index in [1.54, 1.807) is 0 Å². The van der Waals surface area contributed by atoms with Crippen LogP contribution in [0.4, 0.5) is 0 Å². The third-order valence-corrected chi connectivity index (χ3v) is 8.81. The molecule has 1 unspecified atom stereocenters. The maximum absolute atomic E-state index is 10.6. The number of ether oxygens (including phenoxy) is 2. The molecule has 0 radical (unpaired) electrons. The Bertz CT molecular complexity index is 587. The van der Waals surface area contributed by atoms with Gasteiger partial charge in [-0.1, -0.05) is 20.3 Å². The second kappa shape index (κ2) is 8.06. The van der Waals surface area contributed by atoms with Crippen LogP contribution in [0.5, 0.6) is 0 Å². The van der Waals surface area contributed by atoms with Crippen molar-refractivity contribution in [3.63, 3.8) is 0 Å². The van der Waals surface area contributed by atoms with Crippen molar-refractivity contribution >= 4 is 17.7 Å². The lowest BCUT2D eigenvalue weighted by atomic mass is 9.58. The fourth-order valence-corrected chi connectivity index (χ4v) is 7.09. The summed E-state index contributed by atoms with van der Waals surface area (Å²) in [5.41, 5.74) is -0.397. The number of carboxylic acid groups (broad SMARTS) is 1. The predicted molar refractivity (Wildman–Crippen MR) is 105 cm³/mol. The first kappa shape index (κ1) is 20.9. The van der Waals surface area contributed by atoms with Crippen LogP contribution in [0, 0.1) is 23.7 Å². The molecular formula is C21H34O6S. The Morgan fingerprint density at radius 1 is 1.11 bits per heavy atom. The number of thioether (sulfide) groups is 1. The first-order valence-electron chi connectivity index (χ1n) is 10.9. The monoisotopic (exact) mass is 414 g/mol. The number of hydrogen-bond acceptors (Lipinski definition) is 6. The Balaban J connectivity index is 1.43. The molecule has 1 saturated carbocycles. The molecule has 5 aliphatic rings. The van der Waals surface area contributed by atoms with Crippen LogP contribution in [0.3, 0.4) is 0 Å². The molecule has 5 fully saturated rings. The van der Waals surface area contributed by atoms with Gasteiger partial charge in [0.15, 0.2) is 11.9 Å². The standard InChI is InChI=1S/C21H34O6S/c1-13-8-9-16-14(2)18(28-12-6-4-5-7-17(22)23)24-19-21(16)15(13)10-11-20(3,25-19)26-27-21/h13-16,18-19H,4-12H2,1-3H3,(H,22,23)/t13-,14-,15+,16+,18+,19-,20?,21-/m1/s1. The van der Waals surface area contributed by atoms with Crippen LogP contribution < -0.4 is 0 Å². The quantitative estimate of drug-likeness (QED) is 0.483. The summed E-state index contributed by atoms with van der Waals surface area (Å²) < 4.78 is 12.9. The number of unbranched alkanes of at least 4 members (excludes halogenated alkanes) is 2. The lowest BCUT2D eigenvalue weighted by Gasteiger charge is -2.60. The maximum atomic E-state index is 10.6. The summed E-state index contributed by atoms with van der Waals surface area (Å²) in [5, 5.41) is 8.75. The van der Waals surface area contributed by atoms with E-state index in [4.69, 9.17) is 24.4 Å². The molecular weight excluding hydrogens is 380 g/mol. The van der Waals surface area contributed by atoms with Crippen LogP contribution in [-0.2, 0) is 24.0 Å². The molecule has 4 heterocycles. The first-order valence-corrected chi connectivity index (χ1v) is 11.9. The van der Waals surface area contributed by atoms with Crippen LogP contribution in [-0.4, -0.2) is 39.9 Å². The number of aliphatic carboxylic acids is 1. The minimum Gasteiger partial charge on any atom is -0.481 e. The Morgan fingerprint density at radius 3 is 2.71 bits per heavy atom. The zero-order valence-corrected chi connectivity index (χ0v) is 18.0. The number of fused-ring (bicyclic) bond motifs is 2. The molecule has 4 aliphatic heterocycles. The normalized spacial score (nSPS) is 47.4. The minimum absolute atomic E-state index is 0.0840. The maximum Gasteiger partial charge on any atom is 0.303 e. The van der Waals surface area contributed by atoms with Gasteiger partial charge >= 0.3 is 5.97 Å². The van der Waals surface area contributed by atoms with E-state index in [0.717, 1.165) is 44.3 Å². The second-order valence-electron chi connectivity index (χ2n) is 9.35. The second-order valence-corrected chi connectivity index (χ2v) is 10.6. The lowest BCUT2D eigenvalue weighted by molar-refractivity contribution is -0.568. The highest BCUT2D eigenvalue weighted by molar-refractivity contribution is 7.99. The van der Waals surface area contributed by atoms with Crippen LogP contribution >= 0.6 is 11.8 Å². The van der Waals surface area contributed by atoms with Crippen molar-refractivity contribution in [3.8, 4) is 0 Å². The molecule has 6 nitrogen and oxygen atoms in total. The van der Waals surface area contributed by atoms with Crippen LogP contribution in [0.25, 0.3) is 0 Å². The molecule has 1 spiro atoms. The fraction of sp³-hybridized carbons (Fsp3) is 0.952. The molecule has 5 rings (SSSR count). The Kier molecular flexibility index (Phi) is 6.02. The molecule has 8 atom stereocenters. The third-order valence-electron chi connectivity index (χ3n) is 7.41. The molecule has 0 aromatic heterocycles. The average Bonchev–Trinajstić information content (AvgIpc) is 2.88. The van der Waals surface area contributed by atoms with E-state index in [-0.39, 0.29) is 18.1 Å². The topological polar surface area (TPSA) is 74.2 Å². The van der Waals surface area contributed by atoms with E-state index in [0.29, 0.717) is 23.7 Å². The average molecular weight is 415 g/mol. The van der Waals surface area contributed by atoms with E-state index in [1.807, 2.05) is 18.7 Å². The van der Waals surface area contributed by atoms with Gasteiger partial charge in [0.05, 0.1) is 0 Å². The Hall–Kier alpha value is -0.340. The lowest BCUT2D eigenvalue weighted by Crippen LogP contribution is -2.70. The number of hydrogen-bond donors (Lipinski definition) is 1. The zero-order valence-electron chi connectivity index (χ0n) is 17.2. The van der Waals surface area contributed by atoms with Crippen LogP contribution in [0.2, 0.25) is 0 Å². The smallest absolute Gasteiger partial charge is 0.303 e. The summed E-state index contributed by atoms with van der Waals surface area (Å²) in [6, 6.07) is 0. The summed E-state index contributed by atoms with van der Waals surface area (Å²) in [6.45, 7) is 6.58. The number of rotatable bonds is 7. The van der Waals surface area contributed by atoms with E-state index in [1.165, 1.54) is 6.42 Å². The molecule has 4 saturated heterocycles. The van der Waals surface area contributed by atoms with Gasteiger partial charge in [-0.25, -0.2) is 9.78 Å². The molecule has 2 bridgehead atoms. The largest absolute Gasteiger partial charge is 0.481 e. The predicted octanol–water partition coefficient (Wildman–Crippen LogP) is 4.57. The van der Waals surface area contributed by atoms with E-state index in [2.05, 4.69) is 13.8 Å². The van der Waals surface area contributed by atoms with Gasteiger partial charge < -0.3 is 14.6 Å². The Labute approximate surface area is 171 Å². The summed E-state index contributed by atoms with van der Waals surface area (Å²) in [4.78, 5) is 22.7. The minimum atomic E-state index is -0.718. The molecule has 1 N–H and O–H groups in total. The zero-order chi connectivity index (χ0) is 19.9. The van der Waals surface area contributed by atoms with Gasteiger partial charge in [-0.3, -0.25) is 4.79 Å². The van der Waals surface area contributed by atoms with Crippen LogP contribution in [0.1, 0.15) is 72.1 Å². The van der Waals surface area contributed by atoms with Crippen molar-refractivity contribution < 1.29 is 29.1 Å². The fourth-order valence-electron chi connectivity index (χ4n) is 5.82.